The highest BCUT2D eigenvalue weighted by Gasteiger charge is 2.31. The van der Waals surface area contributed by atoms with Gasteiger partial charge in [-0.25, -0.2) is 0 Å². The van der Waals surface area contributed by atoms with E-state index in [1.807, 2.05) is 0 Å². The van der Waals surface area contributed by atoms with Gasteiger partial charge in [0.2, 0.25) is 0 Å². The zero-order chi connectivity index (χ0) is 20.3. The van der Waals surface area contributed by atoms with E-state index in [-0.39, 0.29) is 17.0 Å². The lowest BCUT2D eigenvalue weighted by Crippen LogP contribution is -2.40. The van der Waals surface area contributed by atoms with Gasteiger partial charge in [-0.3, -0.25) is 19.2 Å². The number of benzene rings is 1. The first-order valence-corrected chi connectivity index (χ1v) is 9.17. The summed E-state index contributed by atoms with van der Waals surface area (Å²) in [6.45, 7) is 1.38. The Labute approximate surface area is 163 Å². The summed E-state index contributed by atoms with van der Waals surface area (Å²) in [6.07, 6.45) is -2.56. The van der Waals surface area contributed by atoms with Gasteiger partial charge < -0.3 is 25.8 Å². The smallest absolute Gasteiger partial charge is 0.310 e. The van der Waals surface area contributed by atoms with Crippen LogP contribution >= 0.6 is 11.3 Å². The topological polar surface area (TPSA) is 137 Å². The number of carbonyl (C=O) groups is 4. The molecule has 0 bridgehead atoms. The van der Waals surface area contributed by atoms with Crippen molar-refractivity contribution in [2.45, 2.75) is 25.6 Å². The van der Waals surface area contributed by atoms with Crippen molar-refractivity contribution in [1.29, 1.82) is 0 Å². The highest BCUT2D eigenvalue weighted by Crippen LogP contribution is 2.29. The summed E-state index contributed by atoms with van der Waals surface area (Å²) in [4.78, 5) is 47.7. The lowest BCUT2D eigenvalue weighted by molar-refractivity contribution is -0.155. The van der Waals surface area contributed by atoms with Crippen LogP contribution < -0.4 is 21.1 Å². The van der Waals surface area contributed by atoms with Crippen LogP contribution in [0.2, 0.25) is 0 Å². The SMILES string of the molecule is C[C@H](OC(=O)C[C@@H]1Oc2ccccc2NC1=O)C(=O)Nc1sccc1C(N)=O. The number of esters is 1. The van der Waals surface area contributed by atoms with Gasteiger partial charge >= 0.3 is 5.97 Å². The predicted molar refractivity (Wildman–Crippen MR) is 101 cm³/mol. The molecule has 1 aliphatic heterocycles. The summed E-state index contributed by atoms with van der Waals surface area (Å²) in [5, 5.41) is 7.01. The molecule has 0 radical (unpaired) electrons. The number of anilines is 2. The third-order valence-electron chi connectivity index (χ3n) is 3.90. The summed E-state index contributed by atoms with van der Waals surface area (Å²) < 4.78 is 10.6. The number of carbonyl (C=O) groups excluding carboxylic acids is 4. The Morgan fingerprint density at radius 2 is 2.07 bits per heavy atom. The average Bonchev–Trinajstić information content (AvgIpc) is 3.10. The summed E-state index contributed by atoms with van der Waals surface area (Å²) in [6, 6.07) is 8.31. The Morgan fingerprint density at radius 3 is 2.82 bits per heavy atom. The molecule has 0 saturated carbocycles. The molecule has 2 aromatic rings. The highest BCUT2D eigenvalue weighted by molar-refractivity contribution is 7.14. The van der Waals surface area contributed by atoms with Gasteiger partial charge in [0.05, 0.1) is 17.7 Å². The molecule has 3 rings (SSSR count). The number of thiophene rings is 1. The van der Waals surface area contributed by atoms with Crippen molar-refractivity contribution in [3.8, 4) is 5.75 Å². The first kappa shape index (κ1) is 19.4. The first-order chi connectivity index (χ1) is 13.3. The molecule has 0 unspecified atom stereocenters. The minimum Gasteiger partial charge on any atom is -0.478 e. The predicted octanol–water partition coefficient (Wildman–Crippen LogP) is 1.51. The quantitative estimate of drug-likeness (QED) is 0.625. The molecule has 0 aliphatic carbocycles. The van der Waals surface area contributed by atoms with Crippen molar-refractivity contribution < 1.29 is 28.7 Å². The van der Waals surface area contributed by atoms with Crippen LogP contribution in [-0.2, 0) is 19.1 Å². The molecular weight excluding hydrogens is 386 g/mol. The molecule has 3 amide bonds. The number of rotatable bonds is 6. The molecule has 1 aliphatic rings. The summed E-state index contributed by atoms with van der Waals surface area (Å²) >= 11 is 1.12. The van der Waals surface area contributed by atoms with E-state index < -0.39 is 35.9 Å². The van der Waals surface area contributed by atoms with E-state index in [4.69, 9.17) is 15.2 Å². The molecule has 9 nitrogen and oxygen atoms in total. The summed E-state index contributed by atoms with van der Waals surface area (Å²) in [5.41, 5.74) is 5.91. The number of nitrogens with one attached hydrogen (secondary N) is 2. The zero-order valence-electron chi connectivity index (χ0n) is 14.8. The number of para-hydroxylation sites is 2. The maximum absolute atomic E-state index is 12.2. The highest BCUT2D eigenvalue weighted by atomic mass is 32.1. The van der Waals surface area contributed by atoms with Crippen molar-refractivity contribution >= 4 is 45.7 Å². The minimum atomic E-state index is -1.14. The monoisotopic (exact) mass is 403 g/mol. The van der Waals surface area contributed by atoms with Crippen LogP contribution in [0.1, 0.15) is 23.7 Å². The third-order valence-corrected chi connectivity index (χ3v) is 4.73. The molecule has 0 saturated heterocycles. The average molecular weight is 403 g/mol. The van der Waals surface area contributed by atoms with E-state index in [0.717, 1.165) is 11.3 Å². The van der Waals surface area contributed by atoms with Crippen molar-refractivity contribution in [2.24, 2.45) is 5.73 Å². The van der Waals surface area contributed by atoms with Crippen molar-refractivity contribution in [2.75, 3.05) is 10.6 Å². The number of amides is 3. The Bertz CT molecular complexity index is 941. The normalized spacial score (nSPS) is 16.2. The molecular formula is C18H17N3O6S. The number of ether oxygens (including phenoxy) is 2. The van der Waals surface area contributed by atoms with Gasteiger partial charge in [-0.15, -0.1) is 11.3 Å². The molecule has 1 aromatic carbocycles. The Hall–Kier alpha value is -3.40. The number of hydrogen-bond donors (Lipinski definition) is 3. The van der Waals surface area contributed by atoms with E-state index in [1.54, 1.807) is 29.6 Å². The van der Waals surface area contributed by atoms with Crippen LogP contribution in [0.4, 0.5) is 10.7 Å². The van der Waals surface area contributed by atoms with Gasteiger partial charge in [0.15, 0.2) is 12.2 Å². The lowest BCUT2D eigenvalue weighted by atomic mass is 10.1. The fraction of sp³-hybridized carbons (Fsp3) is 0.222. The van der Waals surface area contributed by atoms with Gasteiger partial charge in [-0.1, -0.05) is 12.1 Å². The fourth-order valence-corrected chi connectivity index (χ4v) is 3.29. The molecule has 2 heterocycles. The van der Waals surface area contributed by atoms with E-state index in [1.165, 1.54) is 13.0 Å². The molecule has 28 heavy (non-hydrogen) atoms. The van der Waals surface area contributed by atoms with Gasteiger partial charge in [0.1, 0.15) is 10.8 Å². The van der Waals surface area contributed by atoms with Crippen LogP contribution in [-0.4, -0.2) is 35.9 Å². The van der Waals surface area contributed by atoms with Crippen molar-refractivity contribution in [3.63, 3.8) is 0 Å². The van der Waals surface area contributed by atoms with E-state index in [0.29, 0.717) is 11.4 Å². The lowest BCUT2D eigenvalue weighted by Gasteiger charge is -2.25. The maximum Gasteiger partial charge on any atom is 0.310 e. The second-order valence-electron chi connectivity index (χ2n) is 5.95. The Balaban J connectivity index is 1.55. The number of fused-ring (bicyclic) bond motifs is 1. The zero-order valence-corrected chi connectivity index (χ0v) is 15.6. The fourth-order valence-electron chi connectivity index (χ4n) is 2.49. The van der Waals surface area contributed by atoms with Gasteiger partial charge in [0, 0.05) is 0 Å². The molecule has 10 heteroatoms. The van der Waals surface area contributed by atoms with Crippen LogP contribution in [0.15, 0.2) is 35.7 Å². The van der Waals surface area contributed by atoms with Crippen molar-refractivity contribution in [1.82, 2.24) is 0 Å². The van der Waals surface area contributed by atoms with Crippen molar-refractivity contribution in [3.05, 3.63) is 41.3 Å². The van der Waals surface area contributed by atoms with E-state index >= 15 is 0 Å². The van der Waals surface area contributed by atoms with Crippen LogP contribution in [0.5, 0.6) is 5.75 Å². The molecule has 0 spiro atoms. The molecule has 1 aromatic heterocycles. The van der Waals surface area contributed by atoms with Crippen LogP contribution in [0.3, 0.4) is 0 Å². The molecule has 146 valence electrons. The second-order valence-corrected chi connectivity index (χ2v) is 6.86. The van der Waals surface area contributed by atoms with Gasteiger partial charge in [0.25, 0.3) is 17.7 Å². The Kier molecular flexibility index (Phi) is 5.59. The first-order valence-electron chi connectivity index (χ1n) is 8.29. The third kappa shape index (κ3) is 4.29. The second kappa shape index (κ2) is 8.09. The number of hydrogen-bond acceptors (Lipinski definition) is 7. The molecule has 0 fully saturated rings. The van der Waals surface area contributed by atoms with E-state index in [9.17, 15) is 19.2 Å². The van der Waals surface area contributed by atoms with Gasteiger partial charge in [-0.2, -0.15) is 0 Å². The van der Waals surface area contributed by atoms with Gasteiger partial charge in [-0.05, 0) is 30.5 Å². The van der Waals surface area contributed by atoms with Crippen LogP contribution in [0.25, 0.3) is 0 Å². The summed E-state index contributed by atoms with van der Waals surface area (Å²) in [7, 11) is 0. The number of primary amides is 1. The Morgan fingerprint density at radius 1 is 1.32 bits per heavy atom. The number of nitrogens with two attached hydrogens (primary N) is 1. The summed E-state index contributed by atoms with van der Waals surface area (Å²) in [5.74, 6) is -2.11. The largest absolute Gasteiger partial charge is 0.478 e. The standard InChI is InChI=1S/C18H17N3O6S/c1-9(16(24)21-18-10(15(19)23)6-7-28-18)26-14(22)8-13-17(25)20-11-4-2-3-5-12(11)27-13/h2-7,9,13H,8H2,1H3,(H2,19,23)(H,20,25)(H,21,24)/t9-,13-/m0/s1. The molecule has 2 atom stereocenters. The molecule has 4 N–H and O–H groups in total. The minimum absolute atomic E-state index is 0.169. The van der Waals surface area contributed by atoms with Crippen LogP contribution in [0, 0.1) is 0 Å². The maximum atomic E-state index is 12.2. The van der Waals surface area contributed by atoms with E-state index in [2.05, 4.69) is 10.6 Å².